The van der Waals surface area contributed by atoms with Gasteiger partial charge in [-0.05, 0) is 42.5 Å². The van der Waals surface area contributed by atoms with Gasteiger partial charge in [0.05, 0.1) is 18.9 Å². The Labute approximate surface area is 143 Å². The van der Waals surface area contributed by atoms with Crippen LogP contribution in [0.5, 0.6) is 11.5 Å². The first-order chi connectivity index (χ1) is 11.5. The Morgan fingerprint density at radius 2 is 1.79 bits per heavy atom. The van der Waals surface area contributed by atoms with Gasteiger partial charge in [0.1, 0.15) is 0 Å². The Balaban J connectivity index is 2.15. The molecule has 0 aliphatic carbocycles. The van der Waals surface area contributed by atoms with E-state index in [0.717, 1.165) is 0 Å². The third-order valence-electron chi connectivity index (χ3n) is 2.85. The van der Waals surface area contributed by atoms with Gasteiger partial charge in [-0.25, -0.2) is 9.59 Å². The van der Waals surface area contributed by atoms with Gasteiger partial charge in [-0.2, -0.15) is 0 Å². The summed E-state index contributed by atoms with van der Waals surface area (Å²) in [6.07, 6.45) is 1.34. The van der Waals surface area contributed by atoms with Crippen LogP contribution in [0.15, 0.2) is 47.6 Å². The number of carbonyl (C=O) groups is 2. The van der Waals surface area contributed by atoms with Gasteiger partial charge in [0.15, 0.2) is 11.5 Å². The number of nitrogens with zero attached hydrogens (tertiary/aromatic N) is 1. The summed E-state index contributed by atoms with van der Waals surface area (Å²) in [6, 6.07) is 11.1. The van der Waals surface area contributed by atoms with E-state index in [1.54, 1.807) is 42.5 Å². The molecular weight excluding hydrogens is 334 g/mol. The molecule has 2 aromatic carbocycles. The van der Waals surface area contributed by atoms with E-state index in [9.17, 15) is 9.59 Å². The molecule has 2 aromatic rings. The molecule has 0 aromatic heterocycles. The van der Waals surface area contributed by atoms with Crippen molar-refractivity contribution in [1.82, 2.24) is 0 Å². The molecule has 0 fully saturated rings. The van der Waals surface area contributed by atoms with Gasteiger partial charge in [-0.3, -0.25) is 0 Å². The average molecular weight is 348 g/mol. The average Bonchev–Trinajstić information content (AvgIpc) is 2.56. The number of ether oxygens (including phenoxy) is 2. The maximum atomic E-state index is 12.1. The molecule has 0 saturated heterocycles. The standard InChI is InChI=1S/C17H14ClNO5/c1-11(20)24-19-10-12-3-8-15(16(9-12)22-2)23-17(21)13-4-6-14(18)7-5-13/h3-10H,1-2H3/b19-10+. The Bertz CT molecular complexity index is 771. The van der Waals surface area contributed by atoms with Crippen molar-refractivity contribution < 1.29 is 23.9 Å². The number of methoxy groups -OCH3 is 1. The number of carbonyl (C=O) groups excluding carboxylic acids is 2. The lowest BCUT2D eigenvalue weighted by atomic mass is 10.2. The summed E-state index contributed by atoms with van der Waals surface area (Å²) in [6.45, 7) is 1.25. The quantitative estimate of drug-likeness (QED) is 0.272. The fourth-order valence-corrected chi connectivity index (χ4v) is 1.88. The molecule has 0 heterocycles. The monoisotopic (exact) mass is 347 g/mol. The van der Waals surface area contributed by atoms with Crippen LogP contribution in [-0.2, 0) is 9.63 Å². The van der Waals surface area contributed by atoms with Crippen molar-refractivity contribution in [2.75, 3.05) is 7.11 Å². The second-order valence-corrected chi connectivity index (χ2v) is 5.06. The minimum absolute atomic E-state index is 0.252. The summed E-state index contributed by atoms with van der Waals surface area (Å²) < 4.78 is 10.5. The third kappa shape index (κ3) is 4.82. The van der Waals surface area contributed by atoms with E-state index in [4.69, 9.17) is 21.1 Å². The highest BCUT2D eigenvalue weighted by Crippen LogP contribution is 2.28. The van der Waals surface area contributed by atoms with Crippen LogP contribution < -0.4 is 9.47 Å². The van der Waals surface area contributed by atoms with Crippen molar-refractivity contribution in [1.29, 1.82) is 0 Å². The maximum absolute atomic E-state index is 12.1. The van der Waals surface area contributed by atoms with E-state index in [2.05, 4.69) is 9.99 Å². The zero-order chi connectivity index (χ0) is 17.5. The van der Waals surface area contributed by atoms with Gasteiger partial charge in [-0.15, -0.1) is 0 Å². The highest BCUT2D eigenvalue weighted by molar-refractivity contribution is 6.30. The first-order valence-electron chi connectivity index (χ1n) is 6.86. The van der Waals surface area contributed by atoms with Crippen LogP contribution in [-0.4, -0.2) is 25.3 Å². The molecule has 7 heteroatoms. The Morgan fingerprint density at radius 3 is 2.42 bits per heavy atom. The van der Waals surface area contributed by atoms with Crippen molar-refractivity contribution in [3.05, 3.63) is 58.6 Å². The van der Waals surface area contributed by atoms with Crippen LogP contribution in [0.25, 0.3) is 0 Å². The fourth-order valence-electron chi connectivity index (χ4n) is 1.75. The maximum Gasteiger partial charge on any atom is 0.343 e. The normalized spacial score (nSPS) is 10.5. The van der Waals surface area contributed by atoms with Crippen molar-refractivity contribution in [2.24, 2.45) is 5.16 Å². The molecule has 0 amide bonds. The molecule has 6 nitrogen and oxygen atoms in total. The lowest BCUT2D eigenvalue weighted by Gasteiger charge is -2.10. The predicted octanol–water partition coefficient (Wildman–Crippen LogP) is 3.46. The lowest BCUT2D eigenvalue weighted by Crippen LogP contribution is -2.09. The molecule has 2 rings (SSSR count). The summed E-state index contributed by atoms with van der Waals surface area (Å²) in [5.74, 6) is -0.468. The number of esters is 1. The van der Waals surface area contributed by atoms with Crippen LogP contribution in [0.1, 0.15) is 22.8 Å². The van der Waals surface area contributed by atoms with Crippen molar-refractivity contribution >= 4 is 29.8 Å². The summed E-state index contributed by atoms with van der Waals surface area (Å²) >= 11 is 5.79. The number of halogens is 1. The van der Waals surface area contributed by atoms with E-state index >= 15 is 0 Å². The molecule has 24 heavy (non-hydrogen) atoms. The summed E-state index contributed by atoms with van der Waals surface area (Å²) in [7, 11) is 1.45. The first-order valence-corrected chi connectivity index (χ1v) is 7.24. The summed E-state index contributed by atoms with van der Waals surface area (Å²) in [5.41, 5.74) is 0.973. The number of hydrogen-bond acceptors (Lipinski definition) is 6. The van der Waals surface area contributed by atoms with Crippen molar-refractivity contribution in [2.45, 2.75) is 6.92 Å². The number of rotatable bonds is 5. The van der Waals surface area contributed by atoms with E-state index < -0.39 is 11.9 Å². The van der Waals surface area contributed by atoms with E-state index in [1.807, 2.05) is 0 Å². The van der Waals surface area contributed by atoms with Crippen LogP contribution >= 0.6 is 11.6 Å². The van der Waals surface area contributed by atoms with E-state index in [-0.39, 0.29) is 5.75 Å². The molecule has 0 saturated carbocycles. The van der Waals surface area contributed by atoms with E-state index in [1.165, 1.54) is 20.2 Å². The first kappa shape index (κ1) is 17.5. The van der Waals surface area contributed by atoms with Crippen LogP contribution in [0.3, 0.4) is 0 Å². The molecule has 0 aliphatic heterocycles. The number of benzene rings is 2. The molecule has 124 valence electrons. The zero-order valence-corrected chi connectivity index (χ0v) is 13.7. The van der Waals surface area contributed by atoms with Crippen LogP contribution in [0.4, 0.5) is 0 Å². The van der Waals surface area contributed by atoms with Gasteiger partial charge in [0.2, 0.25) is 0 Å². The van der Waals surface area contributed by atoms with Gasteiger partial charge in [0.25, 0.3) is 0 Å². The molecule has 0 aliphatic rings. The summed E-state index contributed by atoms with van der Waals surface area (Å²) in [5, 5.41) is 4.04. The van der Waals surface area contributed by atoms with E-state index in [0.29, 0.717) is 21.9 Å². The highest BCUT2D eigenvalue weighted by Gasteiger charge is 2.12. The Morgan fingerprint density at radius 1 is 1.08 bits per heavy atom. The molecule has 0 atom stereocenters. The van der Waals surface area contributed by atoms with Gasteiger partial charge < -0.3 is 14.3 Å². The lowest BCUT2D eigenvalue weighted by molar-refractivity contribution is -0.140. The number of hydrogen-bond donors (Lipinski definition) is 0. The molecule has 0 spiro atoms. The van der Waals surface area contributed by atoms with Crippen LogP contribution in [0.2, 0.25) is 5.02 Å². The van der Waals surface area contributed by atoms with Crippen LogP contribution in [0, 0.1) is 0 Å². The molecule has 0 radical (unpaired) electrons. The van der Waals surface area contributed by atoms with Crippen molar-refractivity contribution in [3.63, 3.8) is 0 Å². The summed E-state index contributed by atoms with van der Waals surface area (Å²) in [4.78, 5) is 27.3. The molecule has 0 bridgehead atoms. The van der Waals surface area contributed by atoms with Crippen molar-refractivity contribution in [3.8, 4) is 11.5 Å². The molecule has 0 N–H and O–H groups in total. The SMILES string of the molecule is COc1cc(/C=N/OC(C)=O)ccc1OC(=O)c1ccc(Cl)cc1. The molecule has 0 unspecified atom stereocenters. The third-order valence-corrected chi connectivity index (χ3v) is 3.11. The topological polar surface area (TPSA) is 74.2 Å². The predicted molar refractivity (Wildman–Crippen MR) is 88.8 cm³/mol. The second-order valence-electron chi connectivity index (χ2n) is 4.62. The Kier molecular flexibility index (Phi) is 5.92. The smallest absolute Gasteiger partial charge is 0.343 e. The van der Waals surface area contributed by atoms with Gasteiger partial charge in [0, 0.05) is 17.5 Å². The Hall–Kier alpha value is -2.86. The second kappa shape index (κ2) is 8.12. The minimum atomic E-state index is -0.536. The minimum Gasteiger partial charge on any atom is -0.493 e. The number of oxime groups is 1. The van der Waals surface area contributed by atoms with Gasteiger partial charge >= 0.3 is 11.9 Å². The molecular formula is C17H14ClNO5. The van der Waals surface area contributed by atoms with Gasteiger partial charge in [-0.1, -0.05) is 16.8 Å². The largest absolute Gasteiger partial charge is 0.493 e. The fraction of sp³-hybridized carbons (Fsp3) is 0.118. The highest BCUT2D eigenvalue weighted by atomic mass is 35.5. The zero-order valence-electron chi connectivity index (χ0n) is 13.0.